The van der Waals surface area contributed by atoms with Gasteiger partial charge in [0.1, 0.15) is 12.1 Å². The van der Waals surface area contributed by atoms with Gasteiger partial charge in [0.05, 0.1) is 18.6 Å². The summed E-state index contributed by atoms with van der Waals surface area (Å²) in [5.41, 5.74) is 4.91. The third-order valence-electron chi connectivity index (χ3n) is 6.10. The van der Waals surface area contributed by atoms with E-state index in [0.29, 0.717) is 12.0 Å². The van der Waals surface area contributed by atoms with Gasteiger partial charge in [-0.25, -0.2) is 0 Å². The van der Waals surface area contributed by atoms with Crippen LogP contribution in [0, 0.1) is 5.92 Å². The number of amides is 3. The van der Waals surface area contributed by atoms with Gasteiger partial charge in [-0.05, 0) is 17.5 Å². The average Bonchev–Trinajstić information content (AvgIpc) is 3.26. The molecule has 0 saturated heterocycles. The molecule has 0 spiro atoms. The fraction of sp³-hybridized carbons (Fsp3) is 0.458. The lowest BCUT2D eigenvalue weighted by molar-refractivity contribution is -0.408. The number of para-hydroxylation sites is 1. The molecule has 0 aliphatic heterocycles. The van der Waals surface area contributed by atoms with Crippen LogP contribution in [-0.2, 0) is 30.4 Å². The molecule has 0 saturated carbocycles. The molecule has 0 radical (unpaired) electrons. The summed E-state index contributed by atoms with van der Waals surface area (Å²) in [4.78, 5) is 63.7. The Hall–Kier alpha value is -3.97. The first-order valence-electron chi connectivity index (χ1n) is 11.8. The highest BCUT2D eigenvalue weighted by Crippen LogP contribution is 2.19. The Kier molecular flexibility index (Phi) is 10.6. The number of aliphatic hydroxyl groups is 1. The second kappa shape index (κ2) is 13.4. The molecule has 3 amide bonds. The van der Waals surface area contributed by atoms with Gasteiger partial charge in [-0.15, -0.1) is 0 Å². The minimum absolute atomic E-state index is 0.0477. The van der Waals surface area contributed by atoms with Crippen LogP contribution in [0.15, 0.2) is 30.5 Å². The molecule has 2 aromatic rings. The molecule has 0 fully saturated rings. The molecule has 37 heavy (non-hydrogen) atoms. The maximum atomic E-state index is 13.2. The summed E-state index contributed by atoms with van der Waals surface area (Å²) in [6.45, 7) is 2.47. The molecule has 0 aliphatic rings. The van der Waals surface area contributed by atoms with E-state index in [2.05, 4.69) is 26.7 Å². The molecule has 1 aromatic heterocycles. The van der Waals surface area contributed by atoms with Crippen molar-refractivity contribution in [2.24, 2.45) is 5.92 Å². The fourth-order valence-electron chi connectivity index (χ4n) is 3.70. The summed E-state index contributed by atoms with van der Waals surface area (Å²) in [6, 6.07) is 1.81. The molecule has 2 rings (SSSR count). The SMILES string of the molecule is CC[C@H](C)[C@H](NC(=O)[C@H](CO)NC(=O)[C@H](Cc1c[nH]c2ccccc12)NC(=O)[C@@H]([NH3+])CC(=O)[O-])C(=O)[O-]. The number of carboxylic acids is 2. The number of fused-ring (bicyclic) bond motifs is 1. The molecule has 1 heterocycles. The first kappa shape index (κ1) is 29.3. The van der Waals surface area contributed by atoms with Crippen molar-refractivity contribution in [2.45, 2.75) is 57.3 Å². The zero-order valence-corrected chi connectivity index (χ0v) is 20.6. The highest BCUT2D eigenvalue weighted by atomic mass is 16.4. The van der Waals surface area contributed by atoms with Crippen molar-refractivity contribution in [1.29, 1.82) is 0 Å². The van der Waals surface area contributed by atoms with E-state index in [4.69, 9.17) is 0 Å². The number of aliphatic carboxylic acids is 2. The summed E-state index contributed by atoms with van der Waals surface area (Å²) in [5, 5.41) is 39.8. The molecule has 0 bridgehead atoms. The van der Waals surface area contributed by atoms with Gasteiger partial charge in [0.15, 0.2) is 6.04 Å². The fourth-order valence-corrected chi connectivity index (χ4v) is 3.70. The highest BCUT2D eigenvalue weighted by molar-refractivity contribution is 5.95. The van der Waals surface area contributed by atoms with Gasteiger partial charge in [0.2, 0.25) is 11.8 Å². The van der Waals surface area contributed by atoms with Crippen LogP contribution in [0.5, 0.6) is 0 Å². The number of H-pyrrole nitrogens is 1. The second-order valence-electron chi connectivity index (χ2n) is 8.83. The van der Waals surface area contributed by atoms with Gasteiger partial charge in [0, 0.05) is 35.9 Å². The van der Waals surface area contributed by atoms with Crippen LogP contribution in [0.25, 0.3) is 10.9 Å². The number of hydrogen-bond donors (Lipinski definition) is 6. The third kappa shape index (κ3) is 8.02. The van der Waals surface area contributed by atoms with E-state index >= 15 is 0 Å². The van der Waals surface area contributed by atoms with Crippen LogP contribution in [0.2, 0.25) is 0 Å². The first-order valence-corrected chi connectivity index (χ1v) is 11.8. The number of aromatic nitrogens is 1. The molecule has 0 unspecified atom stereocenters. The smallest absolute Gasteiger partial charge is 0.279 e. The number of rotatable bonds is 14. The van der Waals surface area contributed by atoms with Gasteiger partial charge in [-0.2, -0.15) is 0 Å². The van der Waals surface area contributed by atoms with E-state index < -0.39 is 72.8 Å². The van der Waals surface area contributed by atoms with Crippen molar-refractivity contribution in [1.82, 2.24) is 20.9 Å². The number of nitrogens with one attached hydrogen (secondary N) is 4. The molecule has 8 N–H and O–H groups in total. The van der Waals surface area contributed by atoms with E-state index in [9.17, 15) is 39.3 Å². The van der Waals surface area contributed by atoms with E-state index in [1.807, 2.05) is 12.1 Å². The molecular weight excluding hydrogens is 486 g/mol. The summed E-state index contributed by atoms with van der Waals surface area (Å²) < 4.78 is 0. The second-order valence-corrected chi connectivity index (χ2v) is 8.83. The van der Waals surface area contributed by atoms with Crippen molar-refractivity contribution in [3.8, 4) is 0 Å². The Balaban J connectivity index is 2.25. The predicted octanol–water partition coefficient (Wildman–Crippen LogP) is -4.30. The number of hydrogen-bond acceptors (Lipinski definition) is 8. The molecular formula is C24H32N5O8-. The number of aliphatic hydroxyl groups excluding tert-OH is 1. The molecule has 0 aliphatic carbocycles. The zero-order chi connectivity index (χ0) is 27.7. The number of carbonyl (C=O) groups is 5. The van der Waals surface area contributed by atoms with E-state index in [1.54, 1.807) is 32.2 Å². The lowest BCUT2D eigenvalue weighted by Crippen LogP contribution is -2.70. The molecule has 202 valence electrons. The number of aromatic amines is 1. The third-order valence-corrected chi connectivity index (χ3v) is 6.10. The van der Waals surface area contributed by atoms with Gasteiger partial charge in [-0.1, -0.05) is 38.5 Å². The predicted molar refractivity (Wildman–Crippen MR) is 126 cm³/mol. The molecule has 5 atom stereocenters. The van der Waals surface area contributed by atoms with Crippen molar-refractivity contribution < 1.29 is 45.0 Å². The maximum absolute atomic E-state index is 13.2. The van der Waals surface area contributed by atoms with Crippen molar-refractivity contribution in [3.05, 3.63) is 36.0 Å². The Labute approximate surface area is 212 Å². The summed E-state index contributed by atoms with van der Waals surface area (Å²) in [6.07, 6.45) is 1.35. The summed E-state index contributed by atoms with van der Waals surface area (Å²) >= 11 is 0. The topological polar surface area (TPSA) is 231 Å². The van der Waals surface area contributed by atoms with Crippen molar-refractivity contribution >= 4 is 40.6 Å². The minimum Gasteiger partial charge on any atom is -0.550 e. The average molecular weight is 519 g/mol. The Bertz CT molecular complexity index is 1130. The number of carbonyl (C=O) groups excluding carboxylic acids is 5. The Morgan fingerprint density at radius 2 is 1.62 bits per heavy atom. The highest BCUT2D eigenvalue weighted by Gasteiger charge is 2.31. The number of benzene rings is 1. The standard InChI is InChI=1S/C24H33N5O8/c1-3-12(2)20(24(36)37)29-23(35)18(11-30)28-22(34)17(27-21(33)15(25)9-19(31)32)8-13-10-26-16-7-5-4-6-14(13)16/h4-7,10,12,15,17-18,20,26,30H,3,8-9,11,25H2,1-2H3,(H,27,33)(H,28,34)(H,29,35)(H,31,32)(H,36,37)/p-1/t12-,15-,17-,18-,20-/m0/s1. The van der Waals surface area contributed by atoms with E-state index in [1.165, 1.54) is 0 Å². The zero-order valence-electron chi connectivity index (χ0n) is 20.6. The van der Waals surface area contributed by atoms with E-state index in [0.717, 1.165) is 10.9 Å². The van der Waals surface area contributed by atoms with Crippen LogP contribution in [0.3, 0.4) is 0 Å². The lowest BCUT2D eigenvalue weighted by atomic mass is 9.99. The Morgan fingerprint density at radius 1 is 1.00 bits per heavy atom. The monoisotopic (exact) mass is 518 g/mol. The van der Waals surface area contributed by atoms with Crippen LogP contribution >= 0.6 is 0 Å². The maximum Gasteiger partial charge on any atom is 0.279 e. The van der Waals surface area contributed by atoms with Crippen LogP contribution < -0.4 is 31.9 Å². The molecule has 13 nitrogen and oxygen atoms in total. The van der Waals surface area contributed by atoms with Crippen LogP contribution in [0.1, 0.15) is 32.3 Å². The first-order chi connectivity index (χ1) is 17.5. The quantitative estimate of drug-likeness (QED) is 0.143. The summed E-state index contributed by atoms with van der Waals surface area (Å²) in [5.74, 6) is -6.12. The van der Waals surface area contributed by atoms with Gasteiger partial charge in [0.25, 0.3) is 5.91 Å². The normalized spacial score (nSPS) is 15.1. The number of quaternary nitrogens is 1. The van der Waals surface area contributed by atoms with Crippen LogP contribution in [-0.4, -0.2) is 70.5 Å². The van der Waals surface area contributed by atoms with Crippen LogP contribution in [0.4, 0.5) is 0 Å². The lowest BCUT2D eigenvalue weighted by Gasteiger charge is -2.28. The van der Waals surface area contributed by atoms with Gasteiger partial charge < -0.3 is 51.6 Å². The van der Waals surface area contributed by atoms with Gasteiger partial charge >= 0.3 is 0 Å². The largest absolute Gasteiger partial charge is 0.550 e. The number of carboxylic acid groups (broad SMARTS) is 2. The minimum atomic E-state index is -1.53. The van der Waals surface area contributed by atoms with Gasteiger partial charge in [-0.3, -0.25) is 14.4 Å². The molecule has 13 heteroatoms. The molecule has 1 aromatic carbocycles. The van der Waals surface area contributed by atoms with Crippen molar-refractivity contribution in [3.63, 3.8) is 0 Å². The van der Waals surface area contributed by atoms with E-state index in [-0.39, 0.29) is 6.42 Å². The Morgan fingerprint density at radius 3 is 2.22 bits per heavy atom. The van der Waals surface area contributed by atoms with Crippen molar-refractivity contribution in [2.75, 3.05) is 6.61 Å². The summed E-state index contributed by atoms with van der Waals surface area (Å²) in [7, 11) is 0.